The zero-order valence-corrected chi connectivity index (χ0v) is 24.9. The number of carbonyl (C=O) groups excluding carboxylic acids is 3. The fourth-order valence-electron chi connectivity index (χ4n) is 7.34. The molecule has 0 spiro atoms. The maximum absolute atomic E-state index is 13.9. The number of phenols is 1. The average Bonchev–Trinajstić information content (AvgIpc) is 3.44. The monoisotopic (exact) mass is 602 g/mol. The number of aliphatic hydroxyl groups excluding tert-OH is 2. The number of Topliss-reactive ketones (excluding diaryl/α,β-unsaturated/α-hetero) is 2. The van der Waals surface area contributed by atoms with Gasteiger partial charge in [-0.25, -0.2) is 0 Å². The van der Waals surface area contributed by atoms with Crippen LogP contribution in [0, 0.1) is 11.8 Å². The molecule has 2 fully saturated rings. The van der Waals surface area contributed by atoms with Crippen LogP contribution >= 0.6 is 11.6 Å². The third kappa shape index (κ3) is 4.71. The fraction of sp³-hybridized carbons (Fsp3) is 0.567. The van der Waals surface area contributed by atoms with Crippen LogP contribution in [0.3, 0.4) is 0 Å². The van der Waals surface area contributed by atoms with Crippen LogP contribution in [0.5, 0.6) is 5.75 Å². The number of rotatable bonds is 8. The summed E-state index contributed by atoms with van der Waals surface area (Å²) in [6, 6.07) is 0.359. The van der Waals surface area contributed by atoms with Gasteiger partial charge in [0.15, 0.2) is 11.4 Å². The number of hydrogen-bond donors (Lipinski definition) is 5. The zero-order chi connectivity index (χ0) is 30.7. The van der Waals surface area contributed by atoms with E-state index < -0.39 is 58.0 Å². The Hall–Kier alpha value is -2.96. The van der Waals surface area contributed by atoms with Gasteiger partial charge >= 0.3 is 0 Å². The van der Waals surface area contributed by atoms with Gasteiger partial charge in [0.1, 0.15) is 22.8 Å². The molecule has 0 aromatic heterocycles. The van der Waals surface area contributed by atoms with Gasteiger partial charge in [-0.2, -0.15) is 0 Å². The quantitative estimate of drug-likeness (QED) is 0.275. The van der Waals surface area contributed by atoms with Crippen LogP contribution < -0.4 is 5.73 Å². The Morgan fingerprint density at radius 1 is 1.19 bits per heavy atom. The van der Waals surface area contributed by atoms with Crippen LogP contribution in [0.1, 0.15) is 42.9 Å². The lowest BCUT2D eigenvalue weighted by atomic mass is 9.57. The summed E-state index contributed by atoms with van der Waals surface area (Å²) in [5.74, 6) is -6.80. The summed E-state index contributed by atoms with van der Waals surface area (Å²) < 4.78 is 0. The first-order valence-corrected chi connectivity index (χ1v) is 14.8. The van der Waals surface area contributed by atoms with Crippen molar-refractivity contribution in [3.05, 3.63) is 44.7 Å². The standard InChI is InChI=1S/C30H39ClN4O7/c1-4-34(9-10-35-7-5-6-8-35)14-16-13-19(36)21-17(23(16)31)11-15-12-18-24(33(2)3)26(38)22(29(32)41)28(40)30(18,42)27(39)20(15)25(21)37/h13,15,18,24,36-37,40,42H,4-12,14H2,1-3H3,(H2,32,41)/t15-,18-,24-,30-/m0/s1. The van der Waals surface area contributed by atoms with Crippen LogP contribution in [0.2, 0.25) is 5.02 Å². The molecule has 1 amide bonds. The number of carbonyl (C=O) groups is 3. The summed E-state index contributed by atoms with van der Waals surface area (Å²) in [4.78, 5) is 45.5. The number of ketones is 2. The number of likely N-dealkylation sites (tertiary alicyclic amines) is 1. The maximum Gasteiger partial charge on any atom is 0.255 e. The van der Waals surface area contributed by atoms with Crippen molar-refractivity contribution in [3.8, 4) is 5.75 Å². The molecule has 1 saturated carbocycles. The second kappa shape index (κ2) is 11.3. The van der Waals surface area contributed by atoms with Gasteiger partial charge in [0.05, 0.1) is 11.6 Å². The number of primary amides is 1. The average molecular weight is 603 g/mol. The summed E-state index contributed by atoms with van der Waals surface area (Å²) in [5.41, 5.74) is 2.85. The number of fused-ring (bicyclic) bond motifs is 3. The molecule has 3 aliphatic carbocycles. The molecule has 1 saturated heterocycles. The Labute approximate surface area is 249 Å². The third-order valence-electron chi connectivity index (χ3n) is 9.50. The number of amides is 1. The molecule has 1 aliphatic heterocycles. The van der Waals surface area contributed by atoms with Crippen molar-refractivity contribution in [1.82, 2.24) is 14.7 Å². The van der Waals surface area contributed by atoms with Gasteiger partial charge < -0.3 is 31.1 Å². The molecular weight excluding hydrogens is 564 g/mol. The number of phenolic OH excluding ortho intramolecular Hbond substituents is 1. The number of hydrogen-bond acceptors (Lipinski definition) is 10. The van der Waals surface area contributed by atoms with Gasteiger partial charge in [0.2, 0.25) is 5.78 Å². The summed E-state index contributed by atoms with van der Waals surface area (Å²) in [7, 11) is 3.13. The van der Waals surface area contributed by atoms with Gasteiger partial charge in [-0.3, -0.25) is 24.2 Å². The molecule has 228 valence electrons. The van der Waals surface area contributed by atoms with E-state index in [-0.39, 0.29) is 29.7 Å². The Bertz CT molecular complexity index is 1400. The summed E-state index contributed by atoms with van der Waals surface area (Å²) in [5, 5.41) is 45.5. The van der Waals surface area contributed by atoms with Crippen molar-refractivity contribution in [2.45, 2.75) is 50.8 Å². The summed E-state index contributed by atoms with van der Waals surface area (Å²) >= 11 is 6.93. The second-order valence-electron chi connectivity index (χ2n) is 12.1. The van der Waals surface area contributed by atoms with Gasteiger partial charge in [0, 0.05) is 36.1 Å². The molecule has 1 heterocycles. The molecule has 6 N–H and O–H groups in total. The highest BCUT2D eigenvalue weighted by molar-refractivity contribution is 6.32. The summed E-state index contributed by atoms with van der Waals surface area (Å²) in [6.45, 7) is 7.29. The largest absolute Gasteiger partial charge is 0.508 e. The highest BCUT2D eigenvalue weighted by Crippen LogP contribution is 2.53. The van der Waals surface area contributed by atoms with E-state index in [1.807, 2.05) is 0 Å². The highest BCUT2D eigenvalue weighted by Gasteiger charge is 2.64. The Kier molecular flexibility index (Phi) is 8.19. The van der Waals surface area contributed by atoms with Gasteiger partial charge in [0.25, 0.3) is 5.91 Å². The zero-order valence-electron chi connectivity index (χ0n) is 24.2. The van der Waals surface area contributed by atoms with Crippen LogP contribution in [0.25, 0.3) is 5.76 Å². The van der Waals surface area contributed by atoms with E-state index in [2.05, 4.69) is 16.7 Å². The van der Waals surface area contributed by atoms with E-state index in [0.29, 0.717) is 22.7 Å². The van der Waals surface area contributed by atoms with Gasteiger partial charge in [-0.05, 0) is 82.5 Å². The number of nitrogens with two attached hydrogens (primary N) is 1. The van der Waals surface area contributed by atoms with E-state index in [9.17, 15) is 34.8 Å². The minimum atomic E-state index is -2.67. The Balaban J connectivity index is 1.54. The Morgan fingerprint density at radius 3 is 2.45 bits per heavy atom. The normalized spacial score (nSPS) is 28.0. The predicted molar refractivity (Wildman–Crippen MR) is 156 cm³/mol. The van der Waals surface area contributed by atoms with Crippen molar-refractivity contribution in [2.24, 2.45) is 17.6 Å². The molecule has 0 unspecified atom stereocenters. The SMILES string of the molecule is CCN(CCN1CCCC1)Cc1cc(O)c2c(c1Cl)C[C@H]1C[C@H]3[C@H](N(C)C)C(=O)C(C(N)=O)=C(O)[C@@]3(O)C(=O)C1=C2O. The molecule has 4 aliphatic rings. The minimum Gasteiger partial charge on any atom is -0.508 e. The van der Waals surface area contributed by atoms with Crippen LogP contribution in [0.4, 0.5) is 0 Å². The van der Waals surface area contributed by atoms with Gasteiger partial charge in [-0.15, -0.1) is 0 Å². The molecule has 1 aromatic rings. The first kappa shape index (κ1) is 30.5. The van der Waals surface area contributed by atoms with E-state index in [4.69, 9.17) is 17.3 Å². The van der Waals surface area contributed by atoms with Crippen molar-refractivity contribution in [3.63, 3.8) is 0 Å². The fourth-order valence-corrected chi connectivity index (χ4v) is 7.63. The molecule has 1 aromatic carbocycles. The molecule has 4 atom stereocenters. The lowest BCUT2D eigenvalue weighted by molar-refractivity contribution is -0.153. The minimum absolute atomic E-state index is 0.000143. The molecule has 12 heteroatoms. The van der Waals surface area contributed by atoms with Crippen molar-refractivity contribution in [1.29, 1.82) is 0 Å². The maximum atomic E-state index is 13.9. The third-order valence-corrected chi connectivity index (χ3v) is 9.97. The topological polar surface area (TPSA) is 168 Å². The first-order valence-electron chi connectivity index (χ1n) is 14.5. The van der Waals surface area contributed by atoms with Crippen LogP contribution in [-0.4, -0.2) is 111 Å². The number of benzene rings is 1. The lowest BCUT2D eigenvalue weighted by Crippen LogP contribution is -2.65. The van der Waals surface area contributed by atoms with Gasteiger partial charge in [-0.1, -0.05) is 18.5 Å². The smallest absolute Gasteiger partial charge is 0.255 e. The first-order chi connectivity index (χ1) is 19.8. The molecule has 0 radical (unpaired) electrons. The van der Waals surface area contributed by atoms with Crippen molar-refractivity contribution >= 4 is 34.8 Å². The van der Waals surface area contributed by atoms with E-state index in [1.54, 1.807) is 14.1 Å². The molecule has 5 rings (SSSR count). The van der Waals surface area contributed by atoms with Crippen molar-refractivity contribution in [2.75, 3.05) is 46.8 Å². The number of likely N-dealkylation sites (N-methyl/N-ethyl adjacent to an activating group) is 2. The van der Waals surface area contributed by atoms with E-state index in [1.165, 1.54) is 23.8 Å². The lowest BCUT2D eigenvalue weighted by Gasteiger charge is -2.50. The van der Waals surface area contributed by atoms with E-state index in [0.717, 1.165) is 32.7 Å². The number of aromatic hydroxyl groups is 1. The summed E-state index contributed by atoms with van der Waals surface area (Å²) in [6.07, 6.45) is 2.60. The Morgan fingerprint density at radius 2 is 1.86 bits per heavy atom. The number of aliphatic hydroxyl groups is 3. The van der Waals surface area contributed by atoms with Crippen LogP contribution in [0.15, 0.2) is 23.0 Å². The molecule has 42 heavy (non-hydrogen) atoms. The molecule has 11 nitrogen and oxygen atoms in total. The van der Waals surface area contributed by atoms with Crippen LogP contribution in [-0.2, 0) is 27.3 Å². The molecular formula is C30H39ClN4O7. The molecule has 0 bridgehead atoms. The highest BCUT2D eigenvalue weighted by atomic mass is 35.5. The number of halogens is 1. The van der Waals surface area contributed by atoms with E-state index >= 15 is 0 Å². The van der Waals surface area contributed by atoms with Crippen molar-refractivity contribution < 1.29 is 34.8 Å². The second-order valence-corrected chi connectivity index (χ2v) is 12.5. The predicted octanol–water partition coefficient (Wildman–Crippen LogP) is 1.54. The number of nitrogens with zero attached hydrogens (tertiary/aromatic N) is 3.